The molecule has 0 unspecified atom stereocenters. The molecule has 0 saturated carbocycles. The van der Waals surface area contributed by atoms with Gasteiger partial charge in [-0.25, -0.2) is 9.78 Å². The van der Waals surface area contributed by atoms with Gasteiger partial charge in [-0.15, -0.1) is 11.3 Å². The Morgan fingerprint density at radius 3 is 2.63 bits per heavy atom. The fourth-order valence-corrected chi connectivity index (χ4v) is 2.31. The average molecular weight is 288 g/mol. The monoisotopic (exact) mass is 288 g/mol. The van der Waals surface area contributed by atoms with Crippen molar-refractivity contribution >= 4 is 45.1 Å². The summed E-state index contributed by atoms with van der Waals surface area (Å²) in [5.41, 5.74) is -0.0789. The third-order valence-corrected chi connectivity index (χ3v) is 3.19. The molecule has 19 heavy (non-hydrogen) atoms. The Morgan fingerprint density at radius 2 is 2.05 bits per heavy atom. The van der Waals surface area contributed by atoms with Gasteiger partial charge in [-0.05, 0) is 12.1 Å². The second-order valence-electron chi connectivity index (χ2n) is 3.21. The third kappa shape index (κ3) is 3.10. The number of amides is 1. The molecule has 0 bridgehead atoms. The summed E-state index contributed by atoms with van der Waals surface area (Å²) in [6.45, 7) is 0. The van der Waals surface area contributed by atoms with E-state index in [0.717, 1.165) is 11.3 Å². The summed E-state index contributed by atoms with van der Waals surface area (Å²) < 4.78 is 0. The van der Waals surface area contributed by atoms with Gasteiger partial charge in [0.15, 0.2) is 0 Å². The van der Waals surface area contributed by atoms with Crippen molar-refractivity contribution in [2.24, 2.45) is 0 Å². The number of rotatable bonds is 2. The predicted octanol–water partition coefficient (Wildman–Crippen LogP) is -3.31. The van der Waals surface area contributed by atoms with E-state index >= 15 is 0 Å². The minimum Gasteiger partial charge on any atom is -0.540 e. The van der Waals surface area contributed by atoms with E-state index in [2.05, 4.69) is 4.98 Å². The van der Waals surface area contributed by atoms with E-state index in [4.69, 9.17) is 5.11 Å². The Bertz CT molecular complexity index is 669. The van der Waals surface area contributed by atoms with Crippen LogP contribution in [0.2, 0.25) is 0 Å². The zero-order valence-electron chi connectivity index (χ0n) is 9.67. The van der Waals surface area contributed by atoms with E-state index in [-0.39, 0.29) is 40.1 Å². The molecule has 2 heterocycles. The zero-order chi connectivity index (χ0) is 13.3. The molecule has 0 radical (unpaired) electrons. The van der Waals surface area contributed by atoms with E-state index in [0.29, 0.717) is 10.2 Å². The summed E-state index contributed by atoms with van der Waals surface area (Å²) in [4.78, 5) is 36.6. The quantitative estimate of drug-likeness (QED) is 0.441. The molecule has 0 saturated heterocycles. The molecule has 92 valence electrons. The SMILES string of the molecule is O=C([O-])C(=O)Nc1c(C(=O)O)sc2ncccc12.[Na+]. The Hall–Kier alpha value is -1.48. The maximum atomic E-state index is 11.0. The van der Waals surface area contributed by atoms with Gasteiger partial charge in [0.25, 0.3) is 5.91 Å². The van der Waals surface area contributed by atoms with Crippen LogP contribution in [-0.2, 0) is 9.59 Å². The summed E-state index contributed by atoms with van der Waals surface area (Å²) in [5, 5.41) is 21.7. The standard InChI is InChI=1S/C10H6N2O5S.Na/c13-7(10(16)17)12-5-4-2-1-3-11-8(4)18-6(5)9(14)15;/h1-3H,(H,12,13)(H,14,15)(H,16,17);/q;+1/p-1. The van der Waals surface area contributed by atoms with Crippen molar-refractivity contribution in [1.29, 1.82) is 0 Å². The summed E-state index contributed by atoms with van der Waals surface area (Å²) in [6, 6.07) is 3.09. The van der Waals surface area contributed by atoms with Gasteiger partial charge >= 0.3 is 35.5 Å². The molecular weight excluding hydrogens is 283 g/mol. The van der Waals surface area contributed by atoms with Crippen LogP contribution < -0.4 is 40.0 Å². The van der Waals surface area contributed by atoms with Crippen LogP contribution in [-0.4, -0.2) is 27.9 Å². The number of aliphatic carboxylic acids is 1. The molecule has 2 aromatic heterocycles. The maximum absolute atomic E-state index is 11.0. The molecule has 2 aromatic rings. The first-order valence-corrected chi connectivity index (χ1v) is 5.45. The molecule has 0 atom stereocenters. The smallest absolute Gasteiger partial charge is 0.540 e. The zero-order valence-corrected chi connectivity index (χ0v) is 12.5. The van der Waals surface area contributed by atoms with Crippen LogP contribution in [0, 0.1) is 0 Å². The van der Waals surface area contributed by atoms with Gasteiger partial charge in [0.1, 0.15) is 15.7 Å². The van der Waals surface area contributed by atoms with Crippen molar-refractivity contribution in [2.45, 2.75) is 0 Å². The minimum atomic E-state index is -1.94. The van der Waals surface area contributed by atoms with Crippen LogP contribution in [0.3, 0.4) is 0 Å². The molecular formula is C10H5N2NaO5S. The topological polar surface area (TPSA) is 119 Å². The number of aromatic carboxylic acids is 1. The van der Waals surface area contributed by atoms with Gasteiger partial charge in [0, 0.05) is 11.6 Å². The number of carboxylic acid groups (broad SMARTS) is 2. The van der Waals surface area contributed by atoms with Crippen molar-refractivity contribution in [3.05, 3.63) is 23.2 Å². The van der Waals surface area contributed by atoms with Gasteiger partial charge in [-0.1, -0.05) is 0 Å². The normalized spacial score (nSPS) is 9.68. The maximum Gasteiger partial charge on any atom is 1.00 e. The second-order valence-corrected chi connectivity index (χ2v) is 4.21. The Labute approximate surface area is 132 Å². The number of anilines is 1. The van der Waals surface area contributed by atoms with Crippen molar-refractivity contribution < 1.29 is 54.2 Å². The molecule has 0 aliphatic heterocycles. The van der Waals surface area contributed by atoms with Gasteiger partial charge in [-0.2, -0.15) is 0 Å². The van der Waals surface area contributed by atoms with Crippen LogP contribution in [0.1, 0.15) is 9.67 Å². The molecule has 2 rings (SSSR count). The fourth-order valence-electron chi connectivity index (χ4n) is 1.37. The van der Waals surface area contributed by atoms with Gasteiger partial charge < -0.3 is 20.3 Å². The number of nitrogens with zero attached hydrogens (tertiary/aromatic N) is 1. The Morgan fingerprint density at radius 1 is 1.37 bits per heavy atom. The summed E-state index contributed by atoms with van der Waals surface area (Å²) in [7, 11) is 0. The molecule has 0 aromatic carbocycles. The van der Waals surface area contributed by atoms with Crippen molar-refractivity contribution in [3.63, 3.8) is 0 Å². The van der Waals surface area contributed by atoms with E-state index in [1.54, 1.807) is 6.07 Å². The molecule has 2 N–H and O–H groups in total. The molecule has 7 nitrogen and oxygen atoms in total. The van der Waals surface area contributed by atoms with Crippen molar-refractivity contribution in [2.75, 3.05) is 5.32 Å². The molecule has 1 amide bonds. The number of hydrogen-bond acceptors (Lipinski definition) is 6. The van der Waals surface area contributed by atoms with Crippen molar-refractivity contribution in [1.82, 2.24) is 4.98 Å². The number of pyridine rings is 1. The fraction of sp³-hybridized carbons (Fsp3) is 0. The van der Waals surface area contributed by atoms with E-state index in [1.165, 1.54) is 12.3 Å². The van der Waals surface area contributed by atoms with Gasteiger partial charge in [0.2, 0.25) is 0 Å². The van der Waals surface area contributed by atoms with E-state index in [1.807, 2.05) is 5.32 Å². The number of aromatic nitrogens is 1. The third-order valence-electron chi connectivity index (χ3n) is 2.08. The average Bonchev–Trinajstić information content (AvgIpc) is 2.68. The molecule has 0 aliphatic carbocycles. The first kappa shape index (κ1) is 15.6. The largest absolute Gasteiger partial charge is 1.00 e. The Balaban J connectivity index is 0.00000180. The van der Waals surface area contributed by atoms with Crippen molar-refractivity contribution in [3.8, 4) is 0 Å². The number of fused-ring (bicyclic) bond motifs is 1. The molecule has 0 fully saturated rings. The van der Waals surface area contributed by atoms with Crippen LogP contribution in [0.5, 0.6) is 0 Å². The van der Waals surface area contributed by atoms with Gasteiger partial charge in [0.05, 0.1) is 5.69 Å². The number of carboxylic acids is 2. The minimum absolute atomic E-state index is 0. The summed E-state index contributed by atoms with van der Waals surface area (Å²) in [6.07, 6.45) is 1.47. The van der Waals surface area contributed by atoms with Gasteiger partial charge in [-0.3, -0.25) is 4.79 Å². The number of thiophene rings is 1. The van der Waals surface area contributed by atoms with E-state index in [9.17, 15) is 19.5 Å². The predicted molar refractivity (Wildman–Crippen MR) is 60.2 cm³/mol. The molecule has 0 spiro atoms. The summed E-state index contributed by atoms with van der Waals surface area (Å²) in [5.74, 6) is -4.61. The van der Waals surface area contributed by atoms with Crippen LogP contribution in [0.25, 0.3) is 10.2 Å². The first-order valence-electron chi connectivity index (χ1n) is 4.64. The van der Waals surface area contributed by atoms with Crippen LogP contribution >= 0.6 is 11.3 Å². The van der Waals surface area contributed by atoms with E-state index < -0.39 is 17.8 Å². The van der Waals surface area contributed by atoms with Crippen LogP contribution in [0.4, 0.5) is 5.69 Å². The molecule has 9 heteroatoms. The number of carbonyl (C=O) groups excluding carboxylic acids is 2. The number of carbonyl (C=O) groups is 3. The Kier molecular flexibility index (Phi) is 5.01. The number of nitrogens with one attached hydrogen (secondary N) is 1. The molecule has 0 aliphatic rings. The number of hydrogen-bond donors (Lipinski definition) is 2. The first-order chi connectivity index (χ1) is 8.50. The summed E-state index contributed by atoms with van der Waals surface area (Å²) >= 11 is 0.847. The second kappa shape index (κ2) is 6.11. The van der Waals surface area contributed by atoms with Crippen LogP contribution in [0.15, 0.2) is 18.3 Å².